The van der Waals surface area contributed by atoms with E-state index in [-0.39, 0.29) is 0 Å². The molecule has 1 aromatic rings. The Morgan fingerprint density at radius 1 is 1.58 bits per heavy atom. The Hall–Kier alpha value is -0.780. The molecule has 0 aliphatic carbocycles. The van der Waals surface area contributed by atoms with Crippen LogP contribution in [0.2, 0.25) is 0 Å². The normalized spacial score (nSPS) is 19.7. The Balaban J connectivity index is 1.99. The summed E-state index contributed by atoms with van der Waals surface area (Å²) in [5.41, 5.74) is 1.28. The molecular formula is C14H23N3OS. The van der Waals surface area contributed by atoms with Crippen LogP contribution >= 0.6 is 11.8 Å². The Labute approximate surface area is 119 Å². The fraction of sp³-hybridized carbons (Fsp3) is 0.643. The monoisotopic (exact) mass is 281 g/mol. The maximum atomic E-state index is 5.05. The lowest BCUT2D eigenvalue weighted by molar-refractivity contribution is 0.199. The quantitative estimate of drug-likeness (QED) is 0.804. The first-order valence-electron chi connectivity index (χ1n) is 6.81. The van der Waals surface area contributed by atoms with Gasteiger partial charge in [0.05, 0.1) is 6.61 Å². The Morgan fingerprint density at radius 3 is 3.26 bits per heavy atom. The van der Waals surface area contributed by atoms with E-state index in [1.807, 2.05) is 24.0 Å². The maximum absolute atomic E-state index is 5.05. The standard InChI is InChI=1S/C14H23N3OS/c1-12-11-17(7-9-19-12)14-13(4-3-5-16-14)10-15-6-8-18-2/h3-5,12,15H,6-11H2,1-2H3. The highest BCUT2D eigenvalue weighted by molar-refractivity contribution is 8.00. The molecule has 0 saturated carbocycles. The first-order chi connectivity index (χ1) is 9.31. The van der Waals surface area contributed by atoms with E-state index >= 15 is 0 Å². The van der Waals surface area contributed by atoms with Crippen LogP contribution in [0.5, 0.6) is 0 Å². The summed E-state index contributed by atoms with van der Waals surface area (Å²) in [4.78, 5) is 6.99. The van der Waals surface area contributed by atoms with Crippen molar-refractivity contribution >= 4 is 17.6 Å². The fourth-order valence-corrected chi connectivity index (χ4v) is 3.27. The minimum absolute atomic E-state index is 0.685. The molecule has 0 amide bonds. The highest BCUT2D eigenvalue weighted by atomic mass is 32.2. The summed E-state index contributed by atoms with van der Waals surface area (Å²) in [6.07, 6.45) is 1.89. The summed E-state index contributed by atoms with van der Waals surface area (Å²) in [7, 11) is 1.73. The van der Waals surface area contributed by atoms with Gasteiger partial charge < -0.3 is 15.0 Å². The molecule has 0 radical (unpaired) electrons. The zero-order valence-corrected chi connectivity index (χ0v) is 12.6. The van der Waals surface area contributed by atoms with Crippen molar-refractivity contribution in [3.05, 3.63) is 23.9 Å². The van der Waals surface area contributed by atoms with Crippen molar-refractivity contribution in [2.45, 2.75) is 18.7 Å². The number of nitrogens with zero attached hydrogens (tertiary/aromatic N) is 2. The molecule has 4 nitrogen and oxygen atoms in total. The lowest BCUT2D eigenvalue weighted by atomic mass is 10.2. The van der Waals surface area contributed by atoms with Crippen molar-refractivity contribution in [3.8, 4) is 0 Å². The van der Waals surface area contributed by atoms with Crippen molar-refractivity contribution in [2.75, 3.05) is 44.0 Å². The second-order valence-corrected chi connectivity index (χ2v) is 6.33. The van der Waals surface area contributed by atoms with E-state index in [0.29, 0.717) is 5.25 Å². The largest absolute Gasteiger partial charge is 0.383 e. The third-order valence-corrected chi connectivity index (χ3v) is 4.34. The van der Waals surface area contributed by atoms with Crippen LogP contribution < -0.4 is 10.2 Å². The van der Waals surface area contributed by atoms with Crippen molar-refractivity contribution in [1.82, 2.24) is 10.3 Å². The van der Waals surface area contributed by atoms with E-state index < -0.39 is 0 Å². The van der Waals surface area contributed by atoms with Gasteiger partial charge in [-0.15, -0.1) is 0 Å². The van der Waals surface area contributed by atoms with Crippen molar-refractivity contribution in [1.29, 1.82) is 0 Å². The van der Waals surface area contributed by atoms with E-state index in [1.54, 1.807) is 7.11 Å². The number of nitrogens with one attached hydrogen (secondary N) is 1. The first kappa shape index (κ1) is 14.6. The van der Waals surface area contributed by atoms with Crippen LogP contribution in [0.25, 0.3) is 0 Å². The number of aromatic nitrogens is 1. The third kappa shape index (κ3) is 4.37. The second-order valence-electron chi connectivity index (χ2n) is 4.78. The highest BCUT2D eigenvalue weighted by Crippen LogP contribution is 2.24. The molecule has 1 fully saturated rings. The molecule has 1 aromatic heterocycles. The van der Waals surface area contributed by atoms with Gasteiger partial charge in [0.15, 0.2) is 0 Å². The average Bonchev–Trinajstić information content (AvgIpc) is 2.44. The van der Waals surface area contributed by atoms with Gasteiger partial charge in [0.25, 0.3) is 0 Å². The smallest absolute Gasteiger partial charge is 0.133 e. The van der Waals surface area contributed by atoms with Crippen LogP contribution in [0.15, 0.2) is 18.3 Å². The number of rotatable bonds is 6. The van der Waals surface area contributed by atoms with Gasteiger partial charge in [-0.3, -0.25) is 0 Å². The van der Waals surface area contributed by atoms with Crippen LogP contribution in [-0.2, 0) is 11.3 Å². The number of pyridine rings is 1. The topological polar surface area (TPSA) is 37.4 Å². The zero-order valence-electron chi connectivity index (χ0n) is 11.8. The Kier molecular flexibility index (Phi) is 5.94. The summed E-state index contributed by atoms with van der Waals surface area (Å²) in [5, 5.41) is 4.08. The first-order valence-corrected chi connectivity index (χ1v) is 7.86. The molecule has 5 heteroatoms. The van der Waals surface area contributed by atoms with Gasteiger partial charge in [0.1, 0.15) is 5.82 Å². The highest BCUT2D eigenvalue weighted by Gasteiger charge is 2.19. The molecule has 0 aromatic carbocycles. The molecule has 0 bridgehead atoms. The second kappa shape index (κ2) is 7.72. The lowest BCUT2D eigenvalue weighted by Crippen LogP contribution is -2.38. The van der Waals surface area contributed by atoms with Gasteiger partial charge >= 0.3 is 0 Å². The molecule has 2 heterocycles. The summed E-state index contributed by atoms with van der Waals surface area (Å²) in [6.45, 7) is 6.94. The Bertz CT molecular complexity index is 389. The van der Waals surface area contributed by atoms with Crippen molar-refractivity contribution in [3.63, 3.8) is 0 Å². The lowest BCUT2D eigenvalue weighted by Gasteiger charge is -2.32. The number of hydrogen-bond donors (Lipinski definition) is 1. The SMILES string of the molecule is COCCNCc1cccnc1N1CCSC(C)C1. The predicted molar refractivity (Wildman–Crippen MR) is 82.0 cm³/mol. The van der Waals surface area contributed by atoms with E-state index in [9.17, 15) is 0 Å². The van der Waals surface area contributed by atoms with Crippen molar-refractivity contribution < 1.29 is 4.74 Å². The maximum Gasteiger partial charge on any atom is 0.133 e. The van der Waals surface area contributed by atoms with E-state index in [4.69, 9.17) is 4.74 Å². The fourth-order valence-electron chi connectivity index (χ4n) is 2.26. The molecule has 1 aliphatic rings. The van der Waals surface area contributed by atoms with Crippen LogP contribution in [0.1, 0.15) is 12.5 Å². The summed E-state index contributed by atoms with van der Waals surface area (Å²) < 4.78 is 5.05. The van der Waals surface area contributed by atoms with Crippen LogP contribution in [0, 0.1) is 0 Å². The molecule has 1 atom stereocenters. The number of methoxy groups -OCH3 is 1. The average molecular weight is 281 g/mol. The molecule has 2 rings (SSSR count). The van der Waals surface area contributed by atoms with Gasteiger partial charge in [-0.2, -0.15) is 11.8 Å². The predicted octanol–water partition coefficient (Wildman–Crippen LogP) is 1.76. The van der Waals surface area contributed by atoms with Gasteiger partial charge in [0.2, 0.25) is 0 Å². The van der Waals surface area contributed by atoms with Gasteiger partial charge in [-0.1, -0.05) is 13.0 Å². The van der Waals surface area contributed by atoms with Gasteiger partial charge in [0, 0.05) is 56.1 Å². The minimum Gasteiger partial charge on any atom is -0.383 e. The van der Waals surface area contributed by atoms with E-state index in [1.165, 1.54) is 11.3 Å². The minimum atomic E-state index is 0.685. The summed E-state index contributed by atoms with van der Waals surface area (Å²) in [5.74, 6) is 2.33. The number of ether oxygens (including phenoxy) is 1. The van der Waals surface area contributed by atoms with Crippen molar-refractivity contribution in [2.24, 2.45) is 0 Å². The number of hydrogen-bond acceptors (Lipinski definition) is 5. The zero-order chi connectivity index (χ0) is 13.5. The molecule has 1 unspecified atom stereocenters. The van der Waals surface area contributed by atoms with Gasteiger partial charge in [-0.25, -0.2) is 4.98 Å². The number of thioether (sulfide) groups is 1. The van der Waals surface area contributed by atoms with Crippen LogP contribution in [0.4, 0.5) is 5.82 Å². The third-order valence-electron chi connectivity index (χ3n) is 3.21. The molecule has 1 aliphatic heterocycles. The van der Waals surface area contributed by atoms with Gasteiger partial charge in [-0.05, 0) is 6.07 Å². The van der Waals surface area contributed by atoms with E-state index in [2.05, 4.69) is 28.2 Å². The van der Waals surface area contributed by atoms with Crippen LogP contribution in [0.3, 0.4) is 0 Å². The number of anilines is 1. The molecule has 1 saturated heterocycles. The summed E-state index contributed by atoms with van der Waals surface area (Å²) >= 11 is 2.05. The van der Waals surface area contributed by atoms with E-state index in [0.717, 1.165) is 38.6 Å². The Morgan fingerprint density at radius 2 is 2.47 bits per heavy atom. The molecule has 106 valence electrons. The molecular weight excluding hydrogens is 258 g/mol. The molecule has 0 spiro atoms. The van der Waals surface area contributed by atoms with Crippen LogP contribution in [-0.4, -0.2) is 49.3 Å². The molecule has 19 heavy (non-hydrogen) atoms. The summed E-state index contributed by atoms with van der Waals surface area (Å²) in [6, 6.07) is 4.17. The molecule has 1 N–H and O–H groups in total.